The van der Waals surface area contributed by atoms with Crippen molar-refractivity contribution in [3.05, 3.63) is 0 Å². The SMILES string of the molecule is CC#CCNC(=O)NCC(=O)NCC(=O)O. The first-order valence-electron chi connectivity index (χ1n) is 4.46. The highest BCUT2D eigenvalue weighted by molar-refractivity contribution is 5.86. The molecule has 0 atom stereocenters. The van der Waals surface area contributed by atoms with Gasteiger partial charge in [0.2, 0.25) is 5.91 Å². The molecular weight excluding hydrogens is 214 g/mol. The second kappa shape index (κ2) is 8.11. The van der Waals surface area contributed by atoms with Crippen LogP contribution in [0.3, 0.4) is 0 Å². The molecule has 0 aliphatic heterocycles. The fraction of sp³-hybridized carbons (Fsp3) is 0.444. The van der Waals surface area contributed by atoms with Gasteiger partial charge in [-0.25, -0.2) is 4.79 Å². The molecule has 88 valence electrons. The molecule has 7 heteroatoms. The van der Waals surface area contributed by atoms with Gasteiger partial charge in [0.1, 0.15) is 6.54 Å². The summed E-state index contributed by atoms with van der Waals surface area (Å²) in [6, 6.07) is -0.534. The largest absolute Gasteiger partial charge is 0.480 e. The second-order valence-corrected chi connectivity index (χ2v) is 2.63. The van der Waals surface area contributed by atoms with Crippen LogP contribution < -0.4 is 16.0 Å². The molecule has 0 aromatic rings. The first kappa shape index (κ1) is 13.8. The standard InChI is InChI=1S/C9H13N3O4/c1-2-3-4-10-9(16)12-5-7(13)11-6-8(14)15/h4-6H2,1H3,(H,11,13)(H,14,15)(H2,10,12,16). The summed E-state index contributed by atoms with van der Waals surface area (Å²) in [6.07, 6.45) is 0. The number of urea groups is 1. The predicted octanol–water partition coefficient (Wildman–Crippen LogP) is -1.49. The molecule has 0 aromatic heterocycles. The summed E-state index contributed by atoms with van der Waals surface area (Å²) in [7, 11) is 0. The molecule has 0 unspecified atom stereocenters. The minimum atomic E-state index is -1.14. The van der Waals surface area contributed by atoms with Crippen molar-refractivity contribution in [3.8, 4) is 11.8 Å². The maximum absolute atomic E-state index is 11.0. The molecule has 0 heterocycles. The number of carboxylic acids is 1. The Morgan fingerprint density at radius 2 is 1.81 bits per heavy atom. The molecule has 0 aliphatic rings. The zero-order valence-electron chi connectivity index (χ0n) is 8.79. The molecular formula is C9H13N3O4. The van der Waals surface area contributed by atoms with Crippen molar-refractivity contribution < 1.29 is 19.5 Å². The van der Waals surface area contributed by atoms with E-state index < -0.39 is 24.5 Å². The van der Waals surface area contributed by atoms with E-state index in [4.69, 9.17) is 5.11 Å². The van der Waals surface area contributed by atoms with Gasteiger partial charge in [0.15, 0.2) is 0 Å². The van der Waals surface area contributed by atoms with Crippen molar-refractivity contribution >= 4 is 17.9 Å². The summed E-state index contributed by atoms with van der Waals surface area (Å²) >= 11 is 0. The number of carbonyl (C=O) groups is 3. The molecule has 0 saturated carbocycles. The molecule has 4 N–H and O–H groups in total. The minimum Gasteiger partial charge on any atom is -0.480 e. The monoisotopic (exact) mass is 227 g/mol. The zero-order chi connectivity index (χ0) is 12.4. The Balaban J connectivity index is 3.61. The van der Waals surface area contributed by atoms with E-state index in [0.717, 1.165) is 0 Å². The van der Waals surface area contributed by atoms with Crippen LogP contribution in [0.1, 0.15) is 6.92 Å². The fourth-order valence-electron chi connectivity index (χ4n) is 0.673. The van der Waals surface area contributed by atoms with E-state index in [1.165, 1.54) is 0 Å². The van der Waals surface area contributed by atoms with Gasteiger partial charge in [0, 0.05) is 0 Å². The average molecular weight is 227 g/mol. The molecule has 0 aliphatic carbocycles. The lowest BCUT2D eigenvalue weighted by molar-refractivity contribution is -0.137. The number of aliphatic carboxylic acids is 1. The summed E-state index contributed by atoms with van der Waals surface area (Å²) in [5.41, 5.74) is 0. The quantitative estimate of drug-likeness (QED) is 0.429. The highest BCUT2D eigenvalue weighted by atomic mass is 16.4. The van der Waals surface area contributed by atoms with E-state index >= 15 is 0 Å². The molecule has 0 spiro atoms. The summed E-state index contributed by atoms with van der Waals surface area (Å²) < 4.78 is 0. The van der Waals surface area contributed by atoms with Gasteiger partial charge in [0.25, 0.3) is 0 Å². The molecule has 7 nitrogen and oxygen atoms in total. The predicted molar refractivity (Wildman–Crippen MR) is 55.5 cm³/mol. The van der Waals surface area contributed by atoms with E-state index in [1.54, 1.807) is 6.92 Å². The number of amides is 3. The van der Waals surface area contributed by atoms with Crippen molar-refractivity contribution in [2.75, 3.05) is 19.6 Å². The second-order valence-electron chi connectivity index (χ2n) is 2.63. The molecule has 3 amide bonds. The summed E-state index contributed by atoms with van der Waals surface area (Å²) in [6.45, 7) is 1.08. The van der Waals surface area contributed by atoms with E-state index in [9.17, 15) is 14.4 Å². The van der Waals surface area contributed by atoms with Crippen LogP contribution in [0.15, 0.2) is 0 Å². The van der Waals surface area contributed by atoms with Gasteiger partial charge in [-0.15, -0.1) is 5.92 Å². The Hall–Kier alpha value is -2.23. The average Bonchev–Trinajstić information content (AvgIpc) is 2.24. The van der Waals surface area contributed by atoms with Crippen molar-refractivity contribution in [2.24, 2.45) is 0 Å². The molecule has 0 radical (unpaired) electrons. The van der Waals surface area contributed by atoms with Crippen LogP contribution in [0, 0.1) is 11.8 Å². The third kappa shape index (κ3) is 8.37. The maximum Gasteiger partial charge on any atom is 0.322 e. The summed E-state index contributed by atoms with van der Waals surface area (Å²) in [5.74, 6) is 3.48. The van der Waals surface area contributed by atoms with Gasteiger partial charge in [-0.3, -0.25) is 9.59 Å². The molecule has 16 heavy (non-hydrogen) atoms. The number of nitrogens with one attached hydrogen (secondary N) is 3. The van der Waals surface area contributed by atoms with Gasteiger partial charge < -0.3 is 21.1 Å². The van der Waals surface area contributed by atoms with Gasteiger partial charge in [-0.1, -0.05) is 5.92 Å². The van der Waals surface area contributed by atoms with E-state index in [1.807, 2.05) is 0 Å². The van der Waals surface area contributed by atoms with Crippen LogP contribution in [0.5, 0.6) is 0 Å². The fourth-order valence-corrected chi connectivity index (χ4v) is 0.673. The molecule has 0 rings (SSSR count). The Bertz CT molecular complexity index is 329. The van der Waals surface area contributed by atoms with Crippen molar-refractivity contribution in [3.63, 3.8) is 0 Å². The highest BCUT2D eigenvalue weighted by Crippen LogP contribution is 1.68. The number of carboxylic acid groups (broad SMARTS) is 1. The Kier molecular flexibility index (Phi) is 6.98. The van der Waals surface area contributed by atoms with Crippen molar-refractivity contribution in [1.82, 2.24) is 16.0 Å². The summed E-state index contributed by atoms with van der Waals surface area (Å²) in [4.78, 5) is 32.0. The third-order valence-electron chi connectivity index (χ3n) is 1.36. The Labute approximate surface area is 92.6 Å². The summed E-state index contributed by atoms with van der Waals surface area (Å²) in [5, 5.41) is 15.0. The number of hydrogen-bond donors (Lipinski definition) is 4. The van der Waals surface area contributed by atoms with Crippen LogP contribution in [-0.4, -0.2) is 42.6 Å². The Morgan fingerprint density at radius 1 is 1.12 bits per heavy atom. The first-order chi connectivity index (χ1) is 7.56. The van der Waals surface area contributed by atoms with Gasteiger partial charge in [-0.05, 0) is 6.92 Å². The number of hydrogen-bond acceptors (Lipinski definition) is 3. The van der Waals surface area contributed by atoms with E-state index in [0.29, 0.717) is 0 Å². The van der Waals surface area contributed by atoms with Crippen LogP contribution in [0.2, 0.25) is 0 Å². The lowest BCUT2D eigenvalue weighted by Crippen LogP contribution is -2.43. The first-order valence-corrected chi connectivity index (χ1v) is 4.46. The van der Waals surface area contributed by atoms with E-state index in [2.05, 4.69) is 27.8 Å². The number of rotatable bonds is 5. The molecule has 0 aromatic carbocycles. The van der Waals surface area contributed by atoms with E-state index in [-0.39, 0.29) is 13.1 Å². The third-order valence-corrected chi connectivity index (χ3v) is 1.36. The van der Waals surface area contributed by atoms with Crippen molar-refractivity contribution in [1.29, 1.82) is 0 Å². The topological polar surface area (TPSA) is 108 Å². The van der Waals surface area contributed by atoms with Crippen LogP contribution in [0.25, 0.3) is 0 Å². The van der Waals surface area contributed by atoms with Crippen LogP contribution in [-0.2, 0) is 9.59 Å². The van der Waals surface area contributed by atoms with Crippen LogP contribution >= 0.6 is 0 Å². The highest BCUT2D eigenvalue weighted by Gasteiger charge is 2.05. The van der Waals surface area contributed by atoms with Crippen LogP contribution in [0.4, 0.5) is 4.79 Å². The maximum atomic E-state index is 11.0. The number of carbonyl (C=O) groups excluding carboxylic acids is 2. The van der Waals surface area contributed by atoms with Gasteiger partial charge >= 0.3 is 12.0 Å². The van der Waals surface area contributed by atoms with Gasteiger partial charge in [0.05, 0.1) is 13.1 Å². The normalized spacial score (nSPS) is 8.31. The lowest BCUT2D eigenvalue weighted by atomic mass is 10.5. The smallest absolute Gasteiger partial charge is 0.322 e. The molecule has 0 bridgehead atoms. The van der Waals surface area contributed by atoms with Crippen molar-refractivity contribution in [2.45, 2.75) is 6.92 Å². The Morgan fingerprint density at radius 3 is 2.38 bits per heavy atom. The molecule has 0 fully saturated rings. The van der Waals surface area contributed by atoms with Gasteiger partial charge in [-0.2, -0.15) is 0 Å². The lowest BCUT2D eigenvalue weighted by Gasteiger charge is -2.05. The molecule has 0 saturated heterocycles. The zero-order valence-corrected chi connectivity index (χ0v) is 8.79. The minimum absolute atomic E-state index is 0.194.